The van der Waals surface area contributed by atoms with Crippen LogP contribution in [-0.2, 0) is 6.42 Å². The summed E-state index contributed by atoms with van der Waals surface area (Å²) in [5.74, 6) is -0.254. The van der Waals surface area contributed by atoms with Crippen molar-refractivity contribution < 1.29 is 4.39 Å². The van der Waals surface area contributed by atoms with Gasteiger partial charge in [-0.15, -0.1) is 0 Å². The Morgan fingerprint density at radius 2 is 2.05 bits per heavy atom. The van der Waals surface area contributed by atoms with Crippen LogP contribution in [0.3, 0.4) is 0 Å². The molecule has 0 amide bonds. The van der Waals surface area contributed by atoms with Crippen LogP contribution in [0.2, 0.25) is 5.02 Å². The van der Waals surface area contributed by atoms with E-state index in [2.05, 4.69) is 18.7 Å². The normalized spacial score (nSPS) is 20.9. The van der Waals surface area contributed by atoms with Crippen LogP contribution in [0.5, 0.6) is 0 Å². The third kappa shape index (κ3) is 3.16. The zero-order valence-corrected chi connectivity index (χ0v) is 13.1. The summed E-state index contributed by atoms with van der Waals surface area (Å²) >= 11 is 6.16. The first-order chi connectivity index (χ1) is 9.47. The lowest BCUT2D eigenvalue weighted by molar-refractivity contribution is 0.0998. The van der Waals surface area contributed by atoms with Gasteiger partial charge in [0.05, 0.1) is 0 Å². The molecular formula is C16H24ClFN2. The van der Waals surface area contributed by atoms with E-state index >= 15 is 0 Å². The van der Waals surface area contributed by atoms with Crippen LogP contribution >= 0.6 is 11.6 Å². The van der Waals surface area contributed by atoms with Crippen molar-refractivity contribution in [1.29, 1.82) is 0 Å². The predicted molar refractivity (Wildman–Crippen MR) is 82.6 cm³/mol. The van der Waals surface area contributed by atoms with E-state index in [0.29, 0.717) is 11.4 Å². The van der Waals surface area contributed by atoms with Gasteiger partial charge in [0.15, 0.2) is 0 Å². The zero-order valence-electron chi connectivity index (χ0n) is 12.3. The van der Waals surface area contributed by atoms with E-state index in [9.17, 15) is 4.39 Å². The van der Waals surface area contributed by atoms with Crippen molar-refractivity contribution in [3.8, 4) is 0 Å². The molecule has 112 valence electrons. The Hall–Kier alpha value is -0.640. The van der Waals surface area contributed by atoms with E-state index < -0.39 is 0 Å². The standard InChI is InChI=1S/C16H24ClFN2/c1-3-16(2,20-8-4-5-9-20)15(19)11-12-10-13(18)6-7-14(12)17/h6-7,10,15H,3-5,8-9,11,19H2,1-2H3. The van der Waals surface area contributed by atoms with Crippen molar-refractivity contribution >= 4 is 11.6 Å². The molecule has 1 aliphatic rings. The minimum atomic E-state index is -0.254. The SMILES string of the molecule is CCC(C)(C(N)Cc1cc(F)ccc1Cl)N1CCCC1. The highest BCUT2D eigenvalue weighted by Crippen LogP contribution is 2.30. The average Bonchev–Trinajstić information content (AvgIpc) is 2.96. The number of halogens is 2. The third-order valence-electron chi connectivity index (χ3n) is 4.79. The molecule has 0 aliphatic carbocycles. The van der Waals surface area contributed by atoms with Crippen molar-refractivity contribution in [2.45, 2.75) is 51.1 Å². The molecule has 0 bridgehead atoms. The van der Waals surface area contributed by atoms with Crippen LogP contribution in [0, 0.1) is 5.82 Å². The fourth-order valence-corrected chi connectivity index (χ4v) is 3.30. The molecule has 0 saturated carbocycles. The van der Waals surface area contributed by atoms with Gasteiger partial charge in [-0.05, 0) is 69.5 Å². The van der Waals surface area contributed by atoms with Crippen LogP contribution in [0.15, 0.2) is 18.2 Å². The molecule has 1 fully saturated rings. The summed E-state index contributed by atoms with van der Waals surface area (Å²) < 4.78 is 13.4. The Kier molecular flexibility index (Phi) is 5.05. The summed E-state index contributed by atoms with van der Waals surface area (Å²) in [4.78, 5) is 2.48. The molecule has 2 unspecified atom stereocenters. The molecule has 1 aliphatic heterocycles. The Bertz CT molecular complexity index is 460. The van der Waals surface area contributed by atoms with Gasteiger partial charge in [0, 0.05) is 16.6 Å². The molecule has 2 atom stereocenters. The van der Waals surface area contributed by atoms with Gasteiger partial charge in [-0.3, -0.25) is 4.90 Å². The Balaban J connectivity index is 2.16. The van der Waals surface area contributed by atoms with Gasteiger partial charge in [0.2, 0.25) is 0 Å². The first-order valence-corrected chi connectivity index (χ1v) is 7.79. The first-order valence-electron chi connectivity index (χ1n) is 7.42. The quantitative estimate of drug-likeness (QED) is 0.900. The molecule has 0 radical (unpaired) electrons. The van der Waals surface area contributed by atoms with Gasteiger partial charge in [0.25, 0.3) is 0 Å². The van der Waals surface area contributed by atoms with E-state index in [-0.39, 0.29) is 17.4 Å². The smallest absolute Gasteiger partial charge is 0.123 e. The summed E-state index contributed by atoms with van der Waals surface area (Å²) in [5, 5.41) is 0.599. The van der Waals surface area contributed by atoms with Crippen molar-refractivity contribution in [1.82, 2.24) is 4.90 Å². The minimum Gasteiger partial charge on any atom is -0.326 e. The number of hydrogen-bond acceptors (Lipinski definition) is 2. The lowest BCUT2D eigenvalue weighted by Crippen LogP contribution is -2.57. The number of nitrogens with zero attached hydrogens (tertiary/aromatic N) is 1. The van der Waals surface area contributed by atoms with Gasteiger partial charge >= 0.3 is 0 Å². The van der Waals surface area contributed by atoms with Crippen molar-refractivity contribution in [2.24, 2.45) is 5.73 Å². The highest BCUT2D eigenvalue weighted by atomic mass is 35.5. The second-order valence-electron chi connectivity index (χ2n) is 5.95. The van der Waals surface area contributed by atoms with E-state index in [1.807, 2.05) is 0 Å². The predicted octanol–water partition coefficient (Wildman–Crippen LogP) is 3.61. The maximum atomic E-state index is 13.4. The van der Waals surface area contributed by atoms with E-state index in [4.69, 9.17) is 17.3 Å². The Morgan fingerprint density at radius 1 is 1.40 bits per heavy atom. The van der Waals surface area contributed by atoms with Crippen LogP contribution in [-0.4, -0.2) is 29.6 Å². The zero-order chi connectivity index (χ0) is 14.8. The Labute approximate surface area is 126 Å². The largest absolute Gasteiger partial charge is 0.326 e. The number of hydrogen-bond donors (Lipinski definition) is 1. The lowest BCUT2D eigenvalue weighted by Gasteiger charge is -2.43. The molecule has 2 rings (SSSR count). The van der Waals surface area contributed by atoms with E-state index in [1.165, 1.54) is 25.0 Å². The molecule has 20 heavy (non-hydrogen) atoms. The van der Waals surface area contributed by atoms with Gasteiger partial charge in [0.1, 0.15) is 5.82 Å². The summed E-state index contributed by atoms with van der Waals surface area (Å²) in [5.41, 5.74) is 7.23. The maximum Gasteiger partial charge on any atom is 0.123 e. The fourth-order valence-electron chi connectivity index (χ4n) is 3.10. The monoisotopic (exact) mass is 298 g/mol. The van der Waals surface area contributed by atoms with E-state index in [1.54, 1.807) is 6.07 Å². The highest BCUT2D eigenvalue weighted by Gasteiger charge is 2.37. The summed E-state index contributed by atoms with van der Waals surface area (Å²) in [7, 11) is 0. The molecule has 1 aromatic carbocycles. The van der Waals surface area contributed by atoms with Crippen molar-refractivity contribution in [2.75, 3.05) is 13.1 Å². The molecular weight excluding hydrogens is 275 g/mol. The van der Waals surface area contributed by atoms with Crippen molar-refractivity contribution in [3.05, 3.63) is 34.6 Å². The second kappa shape index (κ2) is 6.42. The van der Waals surface area contributed by atoms with Gasteiger partial charge in [-0.2, -0.15) is 0 Å². The molecule has 0 spiro atoms. The Morgan fingerprint density at radius 3 is 2.65 bits per heavy atom. The second-order valence-corrected chi connectivity index (χ2v) is 6.36. The van der Waals surface area contributed by atoms with Crippen LogP contribution in [0.25, 0.3) is 0 Å². The van der Waals surface area contributed by atoms with Gasteiger partial charge in [-0.25, -0.2) is 4.39 Å². The van der Waals surface area contributed by atoms with Crippen molar-refractivity contribution in [3.63, 3.8) is 0 Å². The summed E-state index contributed by atoms with van der Waals surface area (Å²) in [6.07, 6.45) is 4.07. The maximum absolute atomic E-state index is 13.4. The number of rotatable bonds is 5. The minimum absolute atomic E-state index is 0.0495. The average molecular weight is 299 g/mol. The number of likely N-dealkylation sites (tertiary alicyclic amines) is 1. The molecule has 4 heteroatoms. The molecule has 1 saturated heterocycles. The van der Waals surface area contributed by atoms with E-state index in [0.717, 1.165) is 25.1 Å². The fraction of sp³-hybridized carbons (Fsp3) is 0.625. The molecule has 1 aromatic rings. The summed E-state index contributed by atoms with van der Waals surface area (Å²) in [6.45, 7) is 6.60. The number of nitrogens with two attached hydrogens (primary N) is 1. The summed E-state index contributed by atoms with van der Waals surface area (Å²) in [6, 6.07) is 4.45. The van der Waals surface area contributed by atoms with Crippen LogP contribution < -0.4 is 5.73 Å². The molecule has 2 nitrogen and oxygen atoms in total. The third-order valence-corrected chi connectivity index (χ3v) is 5.16. The lowest BCUT2D eigenvalue weighted by atomic mass is 9.84. The topological polar surface area (TPSA) is 29.3 Å². The highest BCUT2D eigenvalue weighted by molar-refractivity contribution is 6.31. The van der Waals surface area contributed by atoms with Crippen LogP contribution in [0.4, 0.5) is 4.39 Å². The molecule has 1 heterocycles. The number of benzene rings is 1. The van der Waals surface area contributed by atoms with Gasteiger partial charge in [-0.1, -0.05) is 18.5 Å². The van der Waals surface area contributed by atoms with Crippen LogP contribution in [0.1, 0.15) is 38.7 Å². The van der Waals surface area contributed by atoms with Gasteiger partial charge < -0.3 is 5.73 Å². The molecule has 2 N–H and O–H groups in total. The molecule has 0 aromatic heterocycles. The first kappa shape index (κ1) is 15.7.